The van der Waals surface area contributed by atoms with Gasteiger partial charge in [-0.3, -0.25) is 0 Å². The number of imidazole rings is 1. The highest BCUT2D eigenvalue weighted by molar-refractivity contribution is 5.35. The van der Waals surface area contributed by atoms with Gasteiger partial charge in [-0.15, -0.1) is 0 Å². The molecule has 1 atom stereocenters. The average Bonchev–Trinajstić information content (AvgIpc) is 2.90. The molecule has 0 spiro atoms. The van der Waals surface area contributed by atoms with Crippen LogP contribution >= 0.6 is 0 Å². The summed E-state index contributed by atoms with van der Waals surface area (Å²) in [6, 6.07) is 8.83. The minimum Gasteiger partial charge on any atom is -0.306 e. The number of hydrogen-bond donors (Lipinski definition) is 1. The molecule has 0 saturated heterocycles. The first-order chi connectivity index (χ1) is 8.66. The first kappa shape index (κ1) is 12.6. The summed E-state index contributed by atoms with van der Waals surface area (Å²) >= 11 is 0. The number of rotatable bonds is 5. The molecule has 0 saturated carbocycles. The van der Waals surface area contributed by atoms with Crippen LogP contribution in [0.15, 0.2) is 55.1 Å². The minimum absolute atomic E-state index is 0.332. The highest BCUT2D eigenvalue weighted by atomic mass is 15.0. The standard InChI is InChI=1S/C15H19N3/c1-12(2)10-17-13(3)14-4-6-15(7-5-14)18-9-8-16-11-18/h4-9,11,13,17H,1,10H2,2-3H3. The maximum atomic E-state index is 4.05. The number of nitrogens with one attached hydrogen (secondary N) is 1. The van der Waals surface area contributed by atoms with Crippen molar-refractivity contribution in [2.24, 2.45) is 0 Å². The molecule has 2 aromatic rings. The van der Waals surface area contributed by atoms with Gasteiger partial charge in [-0.2, -0.15) is 0 Å². The third-order valence-electron chi connectivity index (χ3n) is 2.91. The molecular formula is C15H19N3. The molecule has 1 aromatic heterocycles. The second kappa shape index (κ2) is 5.65. The van der Waals surface area contributed by atoms with Crippen LogP contribution in [0, 0.1) is 0 Å². The molecule has 1 N–H and O–H groups in total. The van der Waals surface area contributed by atoms with Crippen LogP contribution in [-0.2, 0) is 0 Å². The van der Waals surface area contributed by atoms with Gasteiger partial charge in [0.15, 0.2) is 0 Å². The second-order valence-electron chi connectivity index (χ2n) is 4.62. The summed E-state index contributed by atoms with van der Waals surface area (Å²) in [5, 5.41) is 3.43. The minimum atomic E-state index is 0.332. The van der Waals surface area contributed by atoms with Crippen LogP contribution in [0.2, 0.25) is 0 Å². The zero-order valence-electron chi connectivity index (χ0n) is 10.9. The monoisotopic (exact) mass is 241 g/mol. The van der Waals surface area contributed by atoms with E-state index in [1.54, 1.807) is 12.5 Å². The molecule has 94 valence electrons. The molecule has 1 unspecified atom stereocenters. The van der Waals surface area contributed by atoms with Crippen LogP contribution < -0.4 is 5.32 Å². The number of hydrogen-bond acceptors (Lipinski definition) is 2. The van der Waals surface area contributed by atoms with E-state index in [2.05, 4.69) is 48.1 Å². The van der Waals surface area contributed by atoms with Gasteiger partial charge in [-0.1, -0.05) is 24.3 Å². The van der Waals surface area contributed by atoms with Crippen molar-refractivity contribution in [1.29, 1.82) is 0 Å². The van der Waals surface area contributed by atoms with Crippen molar-refractivity contribution in [2.75, 3.05) is 6.54 Å². The first-order valence-electron chi connectivity index (χ1n) is 6.13. The van der Waals surface area contributed by atoms with Crippen molar-refractivity contribution in [1.82, 2.24) is 14.9 Å². The molecule has 0 amide bonds. The molecule has 18 heavy (non-hydrogen) atoms. The summed E-state index contributed by atoms with van der Waals surface area (Å²) in [4.78, 5) is 4.05. The molecule has 3 nitrogen and oxygen atoms in total. The fraction of sp³-hybridized carbons (Fsp3) is 0.267. The SMILES string of the molecule is C=C(C)CNC(C)c1ccc(-n2ccnc2)cc1. The summed E-state index contributed by atoms with van der Waals surface area (Å²) in [5.74, 6) is 0. The van der Waals surface area contributed by atoms with E-state index in [0.717, 1.165) is 17.8 Å². The summed E-state index contributed by atoms with van der Waals surface area (Å²) in [5.41, 5.74) is 3.56. The van der Waals surface area contributed by atoms with Crippen molar-refractivity contribution in [2.45, 2.75) is 19.9 Å². The van der Waals surface area contributed by atoms with E-state index < -0.39 is 0 Å². The zero-order valence-corrected chi connectivity index (χ0v) is 10.9. The molecule has 3 heteroatoms. The van der Waals surface area contributed by atoms with Crippen LogP contribution in [-0.4, -0.2) is 16.1 Å². The normalized spacial score (nSPS) is 12.3. The second-order valence-corrected chi connectivity index (χ2v) is 4.62. The highest BCUT2D eigenvalue weighted by Crippen LogP contribution is 2.15. The van der Waals surface area contributed by atoms with Crippen LogP contribution in [0.4, 0.5) is 0 Å². The highest BCUT2D eigenvalue weighted by Gasteiger charge is 2.04. The van der Waals surface area contributed by atoms with Gasteiger partial charge >= 0.3 is 0 Å². The van der Waals surface area contributed by atoms with Gasteiger partial charge in [-0.25, -0.2) is 4.98 Å². The molecule has 1 aromatic carbocycles. The van der Waals surface area contributed by atoms with E-state index in [4.69, 9.17) is 0 Å². The Morgan fingerprint density at radius 2 is 2.11 bits per heavy atom. The lowest BCUT2D eigenvalue weighted by molar-refractivity contribution is 0.607. The van der Waals surface area contributed by atoms with E-state index in [9.17, 15) is 0 Å². The van der Waals surface area contributed by atoms with Gasteiger partial charge < -0.3 is 9.88 Å². The summed E-state index contributed by atoms with van der Waals surface area (Å²) in [7, 11) is 0. The predicted molar refractivity (Wildman–Crippen MR) is 74.8 cm³/mol. The van der Waals surface area contributed by atoms with Crippen molar-refractivity contribution >= 4 is 0 Å². The zero-order chi connectivity index (χ0) is 13.0. The Hall–Kier alpha value is -1.87. The molecule has 0 fully saturated rings. The Labute approximate surface area is 108 Å². The van der Waals surface area contributed by atoms with Crippen molar-refractivity contribution < 1.29 is 0 Å². The molecule has 0 aliphatic rings. The molecular weight excluding hydrogens is 222 g/mol. The van der Waals surface area contributed by atoms with Crippen molar-refractivity contribution in [3.63, 3.8) is 0 Å². The first-order valence-corrected chi connectivity index (χ1v) is 6.13. The largest absolute Gasteiger partial charge is 0.306 e. The Kier molecular flexibility index (Phi) is 3.95. The van der Waals surface area contributed by atoms with Crippen LogP contribution in [0.25, 0.3) is 5.69 Å². The molecule has 0 radical (unpaired) electrons. The van der Waals surface area contributed by atoms with Crippen LogP contribution in [0.5, 0.6) is 0 Å². The van der Waals surface area contributed by atoms with E-state index in [0.29, 0.717) is 6.04 Å². The quantitative estimate of drug-likeness (QED) is 0.815. The number of nitrogens with zero attached hydrogens (tertiary/aromatic N) is 2. The average molecular weight is 241 g/mol. The fourth-order valence-corrected chi connectivity index (χ4v) is 1.79. The summed E-state index contributed by atoms with van der Waals surface area (Å²) < 4.78 is 2.00. The Morgan fingerprint density at radius 3 is 2.67 bits per heavy atom. The molecule has 0 bridgehead atoms. The van der Waals surface area contributed by atoms with E-state index in [1.165, 1.54) is 5.56 Å². The van der Waals surface area contributed by atoms with Gasteiger partial charge in [-0.05, 0) is 31.5 Å². The van der Waals surface area contributed by atoms with Gasteiger partial charge in [0.05, 0.1) is 6.33 Å². The van der Waals surface area contributed by atoms with E-state index in [1.807, 2.05) is 17.7 Å². The smallest absolute Gasteiger partial charge is 0.0991 e. The Morgan fingerprint density at radius 1 is 1.39 bits per heavy atom. The maximum Gasteiger partial charge on any atom is 0.0991 e. The summed E-state index contributed by atoms with van der Waals surface area (Å²) in [6.07, 6.45) is 5.53. The van der Waals surface area contributed by atoms with Gasteiger partial charge in [0.1, 0.15) is 0 Å². The van der Waals surface area contributed by atoms with E-state index >= 15 is 0 Å². The fourth-order valence-electron chi connectivity index (χ4n) is 1.79. The Balaban J connectivity index is 2.05. The number of aromatic nitrogens is 2. The third-order valence-corrected chi connectivity index (χ3v) is 2.91. The van der Waals surface area contributed by atoms with Gasteiger partial charge in [0, 0.05) is 30.7 Å². The van der Waals surface area contributed by atoms with Gasteiger partial charge in [0.25, 0.3) is 0 Å². The van der Waals surface area contributed by atoms with Crippen LogP contribution in [0.3, 0.4) is 0 Å². The number of benzene rings is 1. The lowest BCUT2D eigenvalue weighted by atomic mass is 10.1. The predicted octanol–water partition coefficient (Wildman–Crippen LogP) is 3.10. The topological polar surface area (TPSA) is 29.9 Å². The van der Waals surface area contributed by atoms with Crippen LogP contribution in [0.1, 0.15) is 25.5 Å². The molecule has 0 aliphatic carbocycles. The molecule has 0 aliphatic heterocycles. The lowest BCUT2D eigenvalue weighted by Gasteiger charge is -2.14. The maximum absolute atomic E-state index is 4.05. The molecule has 1 heterocycles. The van der Waals surface area contributed by atoms with Crippen molar-refractivity contribution in [3.8, 4) is 5.69 Å². The summed E-state index contributed by atoms with van der Waals surface area (Å²) in [6.45, 7) is 8.94. The van der Waals surface area contributed by atoms with Gasteiger partial charge in [0.2, 0.25) is 0 Å². The third kappa shape index (κ3) is 3.08. The molecule has 2 rings (SSSR count). The Bertz CT molecular complexity index is 497. The van der Waals surface area contributed by atoms with Crippen molar-refractivity contribution in [3.05, 3.63) is 60.7 Å². The van der Waals surface area contributed by atoms with E-state index in [-0.39, 0.29) is 0 Å². The lowest BCUT2D eigenvalue weighted by Crippen LogP contribution is -2.20.